The lowest BCUT2D eigenvalue weighted by molar-refractivity contribution is 1.10. The Morgan fingerprint density at radius 2 is 0.511 bits per heavy atom. The molecule has 16 aromatic rings. The van der Waals surface area contributed by atoms with E-state index >= 15 is 0 Å². The number of rotatable bonds is 6. The van der Waals surface area contributed by atoms with Crippen molar-refractivity contribution in [2.24, 2.45) is 0 Å². The summed E-state index contributed by atoms with van der Waals surface area (Å²) in [6.07, 6.45) is 0.292. The number of aromatic nitrogens is 2. The van der Waals surface area contributed by atoms with Crippen molar-refractivity contribution >= 4 is 110 Å². The normalized spacial score (nSPS) is 12.4. The molecule has 0 fully saturated rings. The summed E-state index contributed by atoms with van der Waals surface area (Å²) >= 11 is 0. The minimum absolute atomic E-state index is 0.292. The summed E-state index contributed by atoms with van der Waals surface area (Å²) < 4.78 is 28.5. The zero-order valence-electron chi connectivity index (χ0n) is 50.1. The largest absolute Gasteiger partial charge is 0.310 e. The Morgan fingerprint density at radius 1 is 0.250 bits per heavy atom. The van der Waals surface area contributed by atoms with Gasteiger partial charge in [0.1, 0.15) is 0 Å². The van der Waals surface area contributed by atoms with Crippen LogP contribution in [0.3, 0.4) is 0 Å². The van der Waals surface area contributed by atoms with Crippen molar-refractivity contribution in [1.82, 2.24) is 9.13 Å². The Balaban J connectivity index is 1.16. The third-order valence-electron chi connectivity index (χ3n) is 18.8. The molecule has 2 nitrogen and oxygen atoms in total. The SMILES string of the molecule is [2H]c1c(Cc2c(-c3ccccc3)cccc2-c2ccccc2)c([2H])c2c3c1-n1c4c(cccc4c4ccccc4c4ccccc4c4cccc(-c5ccccc5)c41)B3c1cccc3c4ccccc4c4ccccc4c4cccc(-c5ccccc5)c4n-2c13. The number of hydrogen-bond acceptors (Lipinski definition) is 0. The van der Waals surface area contributed by atoms with E-state index in [1.54, 1.807) is 0 Å². The highest BCUT2D eigenvalue weighted by atomic mass is 15.0. The molecule has 2 aliphatic rings. The van der Waals surface area contributed by atoms with Crippen molar-refractivity contribution in [3.63, 3.8) is 0 Å². The molecule has 0 bridgehead atoms. The van der Waals surface area contributed by atoms with Gasteiger partial charge in [0.15, 0.2) is 0 Å². The van der Waals surface area contributed by atoms with Crippen LogP contribution < -0.4 is 16.4 Å². The molecular formula is C85H55BN2. The average Bonchev–Trinajstić information content (AvgIpc) is 0.960. The van der Waals surface area contributed by atoms with Crippen LogP contribution in [0.4, 0.5) is 0 Å². The predicted octanol–water partition coefficient (Wildman–Crippen LogP) is 20.1. The fraction of sp³-hybridized carbons (Fsp3) is 0.0118. The minimum atomic E-state index is -0.434. The van der Waals surface area contributed by atoms with E-state index in [-0.39, 0.29) is 0 Å². The zero-order chi connectivity index (χ0) is 59.6. The van der Waals surface area contributed by atoms with E-state index in [0.29, 0.717) is 24.1 Å². The summed E-state index contributed by atoms with van der Waals surface area (Å²) in [5, 5.41) is 13.3. The smallest absolute Gasteiger partial charge is 0.252 e. The molecule has 14 aromatic carbocycles. The van der Waals surface area contributed by atoms with Gasteiger partial charge in [-0.3, -0.25) is 0 Å². The third kappa shape index (κ3) is 7.63. The van der Waals surface area contributed by atoms with E-state index in [9.17, 15) is 2.74 Å². The lowest BCUT2D eigenvalue weighted by Gasteiger charge is -2.37. The molecule has 3 heteroatoms. The summed E-state index contributed by atoms with van der Waals surface area (Å²) in [6.45, 7) is -0.434. The first-order valence-electron chi connectivity index (χ1n) is 31.6. The number of nitrogens with zero attached hydrogens (tertiary/aromatic N) is 2. The maximum Gasteiger partial charge on any atom is 0.252 e. The average molecular weight is 1120 g/mol. The summed E-state index contributed by atoms with van der Waals surface area (Å²) in [5.74, 6) is 0. The second kappa shape index (κ2) is 20.2. The zero-order valence-corrected chi connectivity index (χ0v) is 48.1. The number of benzene rings is 14. The van der Waals surface area contributed by atoms with Crippen molar-refractivity contribution in [2.45, 2.75) is 6.42 Å². The van der Waals surface area contributed by atoms with Crippen LogP contribution >= 0.6 is 0 Å². The monoisotopic (exact) mass is 1120 g/mol. The molecule has 408 valence electrons. The Kier molecular flexibility index (Phi) is 11.0. The van der Waals surface area contributed by atoms with Crippen molar-refractivity contribution < 1.29 is 2.74 Å². The molecule has 0 atom stereocenters. The predicted molar refractivity (Wildman–Crippen MR) is 376 cm³/mol. The van der Waals surface area contributed by atoms with Gasteiger partial charge < -0.3 is 9.13 Å². The second-order valence-corrected chi connectivity index (χ2v) is 23.5. The lowest BCUT2D eigenvalue weighted by atomic mass is 9.34. The maximum atomic E-state index is 11.7. The van der Waals surface area contributed by atoms with E-state index < -0.39 is 6.71 Å². The molecule has 4 heterocycles. The van der Waals surface area contributed by atoms with Crippen molar-refractivity contribution in [2.75, 3.05) is 0 Å². The van der Waals surface area contributed by atoms with Crippen LogP contribution in [0.1, 0.15) is 13.9 Å². The fourth-order valence-electron chi connectivity index (χ4n) is 15.2. The van der Waals surface area contributed by atoms with Crippen LogP contribution in [0.2, 0.25) is 0 Å². The molecule has 0 saturated heterocycles. The van der Waals surface area contributed by atoms with Gasteiger partial charge in [0, 0.05) is 55.1 Å². The first kappa shape index (κ1) is 48.0. The molecule has 0 aliphatic carbocycles. The Labute approximate surface area is 513 Å². The molecule has 0 spiro atoms. The number of hydrogen-bond donors (Lipinski definition) is 0. The van der Waals surface area contributed by atoms with Crippen molar-refractivity contribution in [3.05, 3.63) is 333 Å². The highest BCUT2D eigenvalue weighted by molar-refractivity contribution is 7.00. The van der Waals surface area contributed by atoms with Crippen molar-refractivity contribution in [1.29, 1.82) is 0 Å². The first-order valence-corrected chi connectivity index (χ1v) is 30.6. The first-order chi connectivity index (χ1) is 44.6. The molecule has 0 unspecified atom stereocenters. The van der Waals surface area contributed by atoms with Gasteiger partial charge in [0.2, 0.25) is 0 Å². The van der Waals surface area contributed by atoms with Crippen LogP contribution in [0.25, 0.3) is 143 Å². The molecule has 0 amide bonds. The van der Waals surface area contributed by atoms with Gasteiger partial charge in [0.05, 0.1) is 13.8 Å². The maximum absolute atomic E-state index is 11.7. The minimum Gasteiger partial charge on any atom is -0.310 e. The molecular weight excluding hydrogens is 1060 g/mol. The third-order valence-corrected chi connectivity index (χ3v) is 18.8. The standard InChI is InChI=1S/C85H55BN2/c1-5-26-56(27-6-1)60-42-21-43-61(57-28-7-2-8-29-57)76(60)52-55-53-79-81-80(54-55)88-83-63(59-32-11-4-12-33-59)45-23-47-73(83)69-39-18-14-35-65(69)67-37-16-20-41-71(67)75-49-25-51-78(85(75)88)86(81)77-50-24-48-74-70-40-19-15-36-66(70)64-34-13-17-38-68(64)72-46-22-44-62(58-30-9-3-10-31-58)82(72)87(79)84(74)77/h1-51,53-54H,52H2/i53D,54D. The van der Waals surface area contributed by atoms with Gasteiger partial charge in [-0.05, 0) is 122 Å². The van der Waals surface area contributed by atoms with Crippen LogP contribution in [0, 0.1) is 0 Å². The van der Waals surface area contributed by atoms with Gasteiger partial charge in [-0.15, -0.1) is 0 Å². The van der Waals surface area contributed by atoms with E-state index in [4.69, 9.17) is 0 Å². The van der Waals surface area contributed by atoms with Crippen LogP contribution in [0.15, 0.2) is 321 Å². The number of para-hydroxylation sites is 4. The van der Waals surface area contributed by atoms with Gasteiger partial charge >= 0.3 is 0 Å². The summed E-state index contributed by atoms with van der Waals surface area (Å²) in [6, 6.07) is 113. The molecule has 0 radical (unpaired) electrons. The van der Waals surface area contributed by atoms with Crippen LogP contribution in [-0.4, -0.2) is 15.8 Å². The quantitative estimate of drug-likeness (QED) is 0.147. The van der Waals surface area contributed by atoms with Crippen LogP contribution in [-0.2, 0) is 6.42 Å². The van der Waals surface area contributed by atoms with E-state index in [1.165, 1.54) is 0 Å². The highest BCUT2D eigenvalue weighted by Gasteiger charge is 2.40. The second-order valence-electron chi connectivity index (χ2n) is 23.5. The van der Waals surface area contributed by atoms with E-state index in [0.717, 1.165) is 165 Å². The summed E-state index contributed by atoms with van der Waals surface area (Å²) in [4.78, 5) is 0. The molecule has 2 aliphatic heterocycles. The Hall–Kier alpha value is -11.3. The highest BCUT2D eigenvalue weighted by Crippen LogP contribution is 2.45. The molecule has 88 heavy (non-hydrogen) atoms. The van der Waals surface area contributed by atoms with E-state index in [2.05, 4.69) is 319 Å². The Morgan fingerprint density at radius 3 is 0.864 bits per heavy atom. The van der Waals surface area contributed by atoms with Gasteiger partial charge in [-0.1, -0.05) is 309 Å². The summed E-state index contributed by atoms with van der Waals surface area (Å²) in [5.41, 5.74) is 19.0. The number of fused-ring (bicyclic) bond motifs is 18. The van der Waals surface area contributed by atoms with Gasteiger partial charge in [-0.25, -0.2) is 0 Å². The van der Waals surface area contributed by atoms with Gasteiger partial charge in [0.25, 0.3) is 6.71 Å². The Bertz CT molecular complexity index is 5480. The molecule has 0 saturated carbocycles. The molecule has 0 N–H and O–H groups in total. The van der Waals surface area contributed by atoms with E-state index in [1.807, 2.05) is 0 Å². The van der Waals surface area contributed by atoms with Crippen LogP contribution in [0.5, 0.6) is 0 Å². The van der Waals surface area contributed by atoms with Crippen molar-refractivity contribution in [3.8, 4) is 55.9 Å². The topological polar surface area (TPSA) is 9.86 Å². The van der Waals surface area contributed by atoms with Gasteiger partial charge in [-0.2, -0.15) is 0 Å². The lowest BCUT2D eigenvalue weighted by Crippen LogP contribution is -2.59. The molecule has 2 aromatic heterocycles. The summed E-state index contributed by atoms with van der Waals surface area (Å²) in [7, 11) is 0. The molecule has 18 rings (SSSR count). The fourth-order valence-corrected chi connectivity index (χ4v) is 15.2.